The second kappa shape index (κ2) is 4.66. The summed E-state index contributed by atoms with van der Waals surface area (Å²) in [5.41, 5.74) is 0.610. The Morgan fingerprint density at radius 2 is 1.90 bits per heavy atom. The maximum absolute atomic E-state index is 12.2. The van der Waals surface area contributed by atoms with Gasteiger partial charge in [-0.2, -0.15) is 0 Å². The molecule has 0 saturated carbocycles. The molecule has 4 nitrogen and oxygen atoms in total. The van der Waals surface area contributed by atoms with Gasteiger partial charge in [-0.05, 0) is 24.3 Å². The van der Waals surface area contributed by atoms with Crippen molar-refractivity contribution < 1.29 is 22.7 Å². The zero-order valence-corrected chi connectivity index (χ0v) is 10.5. The maximum Gasteiger partial charge on any atom is 0.573 e. The molecule has 0 spiro atoms. The summed E-state index contributed by atoms with van der Waals surface area (Å²) < 4.78 is 40.0. The van der Waals surface area contributed by atoms with Crippen LogP contribution in [0, 0.1) is 11.8 Å². The number of rotatable bonds is 2. The second-order valence-electron chi connectivity index (χ2n) is 5.02. The summed E-state index contributed by atoms with van der Waals surface area (Å²) in [5, 5.41) is 3.17. The van der Waals surface area contributed by atoms with Gasteiger partial charge < -0.3 is 15.0 Å². The summed E-state index contributed by atoms with van der Waals surface area (Å²) in [4.78, 5) is 13.8. The third kappa shape index (κ3) is 2.45. The van der Waals surface area contributed by atoms with Crippen molar-refractivity contribution in [2.45, 2.75) is 6.36 Å². The molecule has 3 rings (SSSR count). The molecule has 2 heterocycles. The minimum atomic E-state index is -4.70. The summed E-state index contributed by atoms with van der Waals surface area (Å²) in [6.07, 6.45) is -4.70. The first-order chi connectivity index (χ1) is 9.44. The van der Waals surface area contributed by atoms with Gasteiger partial charge in [0.1, 0.15) is 5.75 Å². The van der Waals surface area contributed by atoms with Gasteiger partial charge in [-0.25, -0.2) is 0 Å². The van der Waals surface area contributed by atoms with E-state index in [1.165, 1.54) is 24.3 Å². The first-order valence-corrected chi connectivity index (χ1v) is 6.32. The zero-order chi connectivity index (χ0) is 14.3. The van der Waals surface area contributed by atoms with E-state index in [4.69, 9.17) is 0 Å². The lowest BCUT2D eigenvalue weighted by Gasteiger charge is -2.18. The number of amides is 1. The molecule has 20 heavy (non-hydrogen) atoms. The number of nitrogens with one attached hydrogen (secondary N) is 1. The van der Waals surface area contributed by atoms with Crippen LogP contribution >= 0.6 is 0 Å². The van der Waals surface area contributed by atoms with E-state index in [-0.39, 0.29) is 23.5 Å². The quantitative estimate of drug-likeness (QED) is 0.901. The summed E-state index contributed by atoms with van der Waals surface area (Å²) in [6.45, 7) is 2.09. The molecule has 108 valence electrons. The molecule has 2 aliphatic heterocycles. The van der Waals surface area contributed by atoms with E-state index in [9.17, 15) is 18.0 Å². The first-order valence-electron chi connectivity index (χ1n) is 6.32. The lowest BCUT2D eigenvalue weighted by Crippen LogP contribution is -2.30. The van der Waals surface area contributed by atoms with E-state index in [0.29, 0.717) is 18.8 Å². The topological polar surface area (TPSA) is 41.6 Å². The highest BCUT2D eigenvalue weighted by molar-refractivity contribution is 5.98. The number of alkyl halides is 3. The molecule has 0 aliphatic carbocycles. The van der Waals surface area contributed by atoms with E-state index in [0.717, 1.165) is 6.54 Å². The molecule has 0 bridgehead atoms. The van der Waals surface area contributed by atoms with Gasteiger partial charge in [-0.15, -0.1) is 13.2 Å². The molecule has 2 unspecified atom stereocenters. The van der Waals surface area contributed by atoms with Crippen molar-refractivity contribution >= 4 is 11.6 Å². The molecular weight excluding hydrogens is 273 g/mol. The van der Waals surface area contributed by atoms with Crippen LogP contribution in [-0.4, -0.2) is 31.9 Å². The van der Waals surface area contributed by atoms with E-state index in [2.05, 4.69) is 10.1 Å². The standard InChI is InChI=1S/C13H13F3N2O2/c14-13(15,16)20-10-3-1-9(2-4-10)18-7-8-5-17-6-11(8)12(18)19/h1-4,8,11,17H,5-7H2. The highest BCUT2D eigenvalue weighted by Crippen LogP contribution is 2.33. The number of carbonyl (C=O) groups excluding carboxylic acids is 1. The Labute approximate surface area is 113 Å². The molecule has 0 aromatic heterocycles. The molecule has 2 aliphatic rings. The lowest BCUT2D eigenvalue weighted by atomic mass is 10.0. The molecule has 1 N–H and O–H groups in total. The van der Waals surface area contributed by atoms with Crippen molar-refractivity contribution in [3.8, 4) is 5.75 Å². The minimum Gasteiger partial charge on any atom is -0.406 e. The predicted molar refractivity (Wildman–Crippen MR) is 65.3 cm³/mol. The Bertz CT molecular complexity index is 515. The number of nitrogens with zero attached hydrogens (tertiary/aromatic N) is 1. The molecule has 1 amide bonds. The van der Waals surface area contributed by atoms with Gasteiger partial charge in [-0.3, -0.25) is 4.79 Å². The fourth-order valence-electron chi connectivity index (χ4n) is 2.80. The van der Waals surface area contributed by atoms with Crippen LogP contribution < -0.4 is 15.0 Å². The predicted octanol–water partition coefficient (Wildman–Crippen LogP) is 1.77. The molecule has 2 fully saturated rings. The van der Waals surface area contributed by atoms with Crippen LogP contribution in [0.3, 0.4) is 0 Å². The van der Waals surface area contributed by atoms with Gasteiger partial charge in [0.05, 0.1) is 5.92 Å². The van der Waals surface area contributed by atoms with Crippen molar-refractivity contribution in [2.24, 2.45) is 11.8 Å². The molecule has 2 atom stereocenters. The molecule has 1 aromatic carbocycles. The third-order valence-electron chi connectivity index (χ3n) is 3.72. The van der Waals surface area contributed by atoms with E-state index < -0.39 is 6.36 Å². The average Bonchev–Trinajstić information content (AvgIpc) is 2.92. The fourth-order valence-corrected chi connectivity index (χ4v) is 2.80. The Kier molecular flexibility index (Phi) is 3.08. The number of anilines is 1. The number of hydrogen-bond donors (Lipinski definition) is 1. The summed E-state index contributed by atoms with van der Waals surface area (Å²) >= 11 is 0. The zero-order valence-electron chi connectivity index (χ0n) is 10.5. The van der Waals surface area contributed by atoms with Gasteiger partial charge in [-0.1, -0.05) is 0 Å². The highest BCUT2D eigenvalue weighted by Gasteiger charge is 2.43. The number of benzene rings is 1. The van der Waals surface area contributed by atoms with E-state index in [1.807, 2.05) is 0 Å². The van der Waals surface area contributed by atoms with Crippen molar-refractivity contribution in [1.82, 2.24) is 5.32 Å². The number of halogens is 3. The van der Waals surface area contributed by atoms with Gasteiger partial charge in [0, 0.05) is 31.2 Å². The van der Waals surface area contributed by atoms with Crippen molar-refractivity contribution in [1.29, 1.82) is 0 Å². The fraction of sp³-hybridized carbons (Fsp3) is 0.462. The van der Waals surface area contributed by atoms with Crippen LogP contribution in [-0.2, 0) is 4.79 Å². The van der Waals surface area contributed by atoms with Crippen molar-refractivity contribution in [3.05, 3.63) is 24.3 Å². The Balaban J connectivity index is 1.74. The molecule has 1 aromatic rings. The number of carbonyl (C=O) groups is 1. The third-order valence-corrected chi connectivity index (χ3v) is 3.72. The maximum atomic E-state index is 12.2. The summed E-state index contributed by atoms with van der Waals surface area (Å²) in [6, 6.07) is 5.41. The Morgan fingerprint density at radius 1 is 1.20 bits per heavy atom. The first kappa shape index (κ1) is 13.2. The number of fused-ring (bicyclic) bond motifs is 1. The van der Waals surface area contributed by atoms with Crippen LogP contribution in [0.15, 0.2) is 24.3 Å². The number of ether oxygens (including phenoxy) is 1. The summed E-state index contributed by atoms with van der Waals surface area (Å²) in [7, 11) is 0. The SMILES string of the molecule is O=C1C2CNCC2CN1c1ccc(OC(F)(F)F)cc1. The van der Waals surface area contributed by atoms with E-state index >= 15 is 0 Å². The van der Waals surface area contributed by atoms with Crippen LogP contribution in [0.4, 0.5) is 18.9 Å². The lowest BCUT2D eigenvalue weighted by molar-refractivity contribution is -0.274. The van der Waals surface area contributed by atoms with Gasteiger partial charge >= 0.3 is 6.36 Å². The van der Waals surface area contributed by atoms with Gasteiger partial charge in [0.15, 0.2) is 0 Å². The smallest absolute Gasteiger partial charge is 0.406 e. The number of hydrogen-bond acceptors (Lipinski definition) is 3. The monoisotopic (exact) mass is 286 g/mol. The molecular formula is C13H13F3N2O2. The molecule has 7 heteroatoms. The normalized spacial score (nSPS) is 25.9. The van der Waals surface area contributed by atoms with Crippen LogP contribution in [0.25, 0.3) is 0 Å². The highest BCUT2D eigenvalue weighted by atomic mass is 19.4. The van der Waals surface area contributed by atoms with Crippen LogP contribution in [0.2, 0.25) is 0 Å². The molecule has 0 radical (unpaired) electrons. The van der Waals surface area contributed by atoms with E-state index in [1.54, 1.807) is 4.90 Å². The largest absolute Gasteiger partial charge is 0.573 e. The van der Waals surface area contributed by atoms with Crippen LogP contribution in [0.5, 0.6) is 5.75 Å². The van der Waals surface area contributed by atoms with Gasteiger partial charge in [0.25, 0.3) is 0 Å². The minimum absolute atomic E-state index is 0.0129. The Morgan fingerprint density at radius 3 is 2.50 bits per heavy atom. The van der Waals surface area contributed by atoms with Crippen LogP contribution in [0.1, 0.15) is 0 Å². The van der Waals surface area contributed by atoms with Crippen molar-refractivity contribution in [2.75, 3.05) is 24.5 Å². The average molecular weight is 286 g/mol. The molecule has 2 saturated heterocycles. The Hall–Kier alpha value is -1.76. The van der Waals surface area contributed by atoms with Crippen molar-refractivity contribution in [3.63, 3.8) is 0 Å². The summed E-state index contributed by atoms with van der Waals surface area (Å²) in [5.74, 6) is 0.0222. The van der Waals surface area contributed by atoms with Gasteiger partial charge in [0.2, 0.25) is 5.91 Å². The second-order valence-corrected chi connectivity index (χ2v) is 5.02.